The lowest BCUT2D eigenvalue weighted by atomic mass is 10.0. The van der Waals surface area contributed by atoms with Gasteiger partial charge >= 0.3 is 0 Å². The van der Waals surface area contributed by atoms with Crippen LogP contribution in [0, 0.1) is 0 Å². The first-order chi connectivity index (χ1) is 11.6. The minimum Gasteiger partial charge on any atom is -0.354 e. The third-order valence-electron chi connectivity index (χ3n) is 3.92. The zero-order valence-corrected chi connectivity index (χ0v) is 12.9. The lowest BCUT2D eigenvalue weighted by Gasteiger charge is -2.06. The third-order valence-corrected chi connectivity index (χ3v) is 3.92. The molecule has 0 atom stereocenters. The fourth-order valence-electron chi connectivity index (χ4n) is 2.99. The zero-order valence-electron chi connectivity index (χ0n) is 12.9. The number of nitrogens with zero attached hydrogens (tertiary/aromatic N) is 1. The first-order valence-electron chi connectivity index (χ1n) is 7.49. The Bertz CT molecular complexity index is 1000. The van der Waals surface area contributed by atoms with Crippen LogP contribution in [-0.2, 0) is 4.79 Å². The van der Waals surface area contributed by atoms with Crippen molar-refractivity contribution in [3.63, 3.8) is 0 Å². The zero-order chi connectivity index (χ0) is 16.7. The number of amides is 2. The Morgan fingerprint density at radius 3 is 2.71 bits per heavy atom. The Morgan fingerprint density at radius 2 is 1.96 bits per heavy atom. The van der Waals surface area contributed by atoms with Crippen LogP contribution in [-0.4, -0.2) is 23.0 Å². The molecule has 0 spiro atoms. The first kappa shape index (κ1) is 14.2. The Morgan fingerprint density at radius 1 is 1.17 bits per heavy atom. The maximum absolute atomic E-state index is 12.3. The van der Waals surface area contributed by atoms with Gasteiger partial charge in [-0.05, 0) is 17.7 Å². The molecule has 0 aliphatic carbocycles. The van der Waals surface area contributed by atoms with Crippen molar-refractivity contribution in [2.24, 2.45) is 5.10 Å². The molecule has 24 heavy (non-hydrogen) atoms. The van der Waals surface area contributed by atoms with Crippen molar-refractivity contribution in [1.82, 2.24) is 10.4 Å². The van der Waals surface area contributed by atoms with Gasteiger partial charge in [-0.3, -0.25) is 9.59 Å². The molecule has 0 saturated heterocycles. The van der Waals surface area contributed by atoms with Gasteiger partial charge in [0.25, 0.3) is 5.91 Å². The highest BCUT2D eigenvalue weighted by atomic mass is 16.2. The van der Waals surface area contributed by atoms with Crippen molar-refractivity contribution < 1.29 is 9.59 Å². The fraction of sp³-hybridized carbons (Fsp3) is 0.0556. The number of rotatable bonds is 2. The van der Waals surface area contributed by atoms with Crippen LogP contribution in [0.25, 0.3) is 22.2 Å². The number of hydrazone groups is 1. The van der Waals surface area contributed by atoms with Crippen LogP contribution < -0.4 is 10.7 Å². The summed E-state index contributed by atoms with van der Waals surface area (Å²) in [5, 5.41) is 7.53. The van der Waals surface area contributed by atoms with Crippen molar-refractivity contribution in [2.45, 2.75) is 6.92 Å². The van der Waals surface area contributed by atoms with E-state index in [4.69, 9.17) is 0 Å². The predicted octanol–water partition coefficient (Wildman–Crippen LogP) is 2.87. The van der Waals surface area contributed by atoms with E-state index in [2.05, 4.69) is 20.8 Å². The van der Waals surface area contributed by atoms with Crippen LogP contribution in [0.2, 0.25) is 0 Å². The number of hydrogen-bond acceptors (Lipinski definition) is 3. The molecule has 1 aromatic heterocycles. The maximum atomic E-state index is 12.3. The van der Waals surface area contributed by atoms with Crippen LogP contribution in [0.15, 0.2) is 47.6 Å². The molecule has 0 saturated carbocycles. The van der Waals surface area contributed by atoms with Gasteiger partial charge in [0.05, 0.1) is 17.5 Å². The van der Waals surface area contributed by atoms with Crippen LogP contribution in [0.3, 0.4) is 0 Å². The minimum absolute atomic E-state index is 0.193. The molecule has 0 radical (unpaired) electrons. The standard InChI is InChI=1S/C18H14N4O2/c1-10(23)20-12-7-13-16-14(9-19-22-18(13)24)17(21-15(16)8-12)11-5-3-2-4-6-11/h2-9,21H,1H3,(H,20,23)(H,22,24). The summed E-state index contributed by atoms with van der Waals surface area (Å²) in [6.45, 7) is 1.43. The number of hydrogen-bond donors (Lipinski definition) is 3. The van der Waals surface area contributed by atoms with Crippen LogP contribution in [0.5, 0.6) is 0 Å². The maximum Gasteiger partial charge on any atom is 0.272 e. The highest BCUT2D eigenvalue weighted by Gasteiger charge is 2.22. The molecule has 4 rings (SSSR count). The van der Waals surface area contributed by atoms with Gasteiger partial charge in [-0.2, -0.15) is 5.10 Å². The topological polar surface area (TPSA) is 86.3 Å². The molecular formula is C18H14N4O2. The molecule has 0 fully saturated rings. The average molecular weight is 318 g/mol. The highest BCUT2D eigenvalue weighted by molar-refractivity contribution is 6.18. The Labute approximate surface area is 137 Å². The fourth-order valence-corrected chi connectivity index (χ4v) is 2.99. The second-order valence-corrected chi connectivity index (χ2v) is 5.61. The van der Waals surface area contributed by atoms with E-state index in [1.54, 1.807) is 12.3 Å². The second kappa shape index (κ2) is 5.34. The number of carbonyl (C=O) groups is 2. The van der Waals surface area contributed by atoms with Gasteiger partial charge < -0.3 is 10.3 Å². The van der Waals surface area contributed by atoms with E-state index in [9.17, 15) is 9.59 Å². The molecule has 6 nitrogen and oxygen atoms in total. The van der Waals surface area contributed by atoms with Gasteiger partial charge in [0.2, 0.25) is 5.91 Å². The molecule has 3 N–H and O–H groups in total. The van der Waals surface area contributed by atoms with Crippen LogP contribution >= 0.6 is 0 Å². The van der Waals surface area contributed by atoms with Crippen molar-refractivity contribution >= 4 is 34.6 Å². The van der Waals surface area contributed by atoms with Gasteiger partial charge in [-0.1, -0.05) is 30.3 Å². The normalized spacial score (nSPS) is 12.8. The molecule has 2 amide bonds. The summed E-state index contributed by atoms with van der Waals surface area (Å²) < 4.78 is 0. The van der Waals surface area contributed by atoms with E-state index in [0.717, 1.165) is 27.7 Å². The SMILES string of the molecule is CC(=O)Nc1cc2c3c(c(-c4ccccc4)[nH]c3c1)C=NNC2=O. The van der Waals surface area contributed by atoms with E-state index in [1.807, 2.05) is 36.4 Å². The molecular weight excluding hydrogens is 304 g/mol. The summed E-state index contributed by atoms with van der Waals surface area (Å²) in [4.78, 5) is 27.0. The quantitative estimate of drug-likeness (QED) is 0.678. The smallest absolute Gasteiger partial charge is 0.272 e. The number of benzene rings is 2. The first-order valence-corrected chi connectivity index (χ1v) is 7.49. The van der Waals surface area contributed by atoms with E-state index < -0.39 is 0 Å². The molecule has 1 aliphatic rings. The minimum atomic E-state index is -0.305. The predicted molar refractivity (Wildman–Crippen MR) is 93.1 cm³/mol. The van der Waals surface area contributed by atoms with Crippen molar-refractivity contribution in [2.75, 3.05) is 5.32 Å². The van der Waals surface area contributed by atoms with E-state index >= 15 is 0 Å². The van der Waals surface area contributed by atoms with E-state index in [0.29, 0.717) is 11.3 Å². The lowest BCUT2D eigenvalue weighted by molar-refractivity contribution is -0.114. The molecule has 1 aliphatic heterocycles. The van der Waals surface area contributed by atoms with Crippen molar-refractivity contribution in [1.29, 1.82) is 0 Å². The molecule has 0 bridgehead atoms. The van der Waals surface area contributed by atoms with Gasteiger partial charge in [0, 0.05) is 29.1 Å². The summed E-state index contributed by atoms with van der Waals surface area (Å²) in [6, 6.07) is 13.3. The molecule has 0 unspecified atom stereocenters. The summed E-state index contributed by atoms with van der Waals surface area (Å²) in [7, 11) is 0. The molecule has 2 aromatic carbocycles. The Hall–Kier alpha value is -3.41. The summed E-state index contributed by atoms with van der Waals surface area (Å²) in [5.74, 6) is -0.497. The molecule has 2 heterocycles. The average Bonchev–Trinajstić information content (AvgIpc) is 2.84. The molecule has 118 valence electrons. The number of aromatic amines is 1. The van der Waals surface area contributed by atoms with Crippen LogP contribution in [0.1, 0.15) is 22.8 Å². The largest absolute Gasteiger partial charge is 0.354 e. The monoisotopic (exact) mass is 318 g/mol. The number of aromatic nitrogens is 1. The van der Waals surface area contributed by atoms with Gasteiger partial charge in [0.1, 0.15) is 0 Å². The summed E-state index contributed by atoms with van der Waals surface area (Å²) in [5.41, 5.74) is 7.04. The van der Waals surface area contributed by atoms with E-state index in [-0.39, 0.29) is 11.8 Å². The number of H-pyrrole nitrogens is 1. The summed E-state index contributed by atoms with van der Waals surface area (Å²) >= 11 is 0. The van der Waals surface area contributed by atoms with Crippen molar-refractivity contribution in [3.05, 3.63) is 53.6 Å². The lowest BCUT2D eigenvalue weighted by Crippen LogP contribution is -2.17. The highest BCUT2D eigenvalue weighted by Crippen LogP contribution is 2.34. The Balaban J connectivity index is 2.03. The molecule has 3 aromatic rings. The number of carbonyl (C=O) groups excluding carboxylic acids is 2. The van der Waals surface area contributed by atoms with E-state index in [1.165, 1.54) is 6.92 Å². The van der Waals surface area contributed by atoms with Crippen molar-refractivity contribution in [3.8, 4) is 11.3 Å². The number of nitrogens with one attached hydrogen (secondary N) is 3. The second-order valence-electron chi connectivity index (χ2n) is 5.61. The number of anilines is 1. The van der Waals surface area contributed by atoms with Gasteiger partial charge in [-0.15, -0.1) is 0 Å². The van der Waals surface area contributed by atoms with Gasteiger partial charge in [-0.25, -0.2) is 5.43 Å². The third kappa shape index (κ3) is 2.25. The Kier molecular flexibility index (Phi) is 3.16. The summed E-state index contributed by atoms with van der Waals surface area (Å²) in [6.07, 6.45) is 1.65. The van der Waals surface area contributed by atoms with Crippen LogP contribution in [0.4, 0.5) is 5.69 Å². The van der Waals surface area contributed by atoms with Gasteiger partial charge in [0.15, 0.2) is 0 Å². The molecule has 6 heteroatoms.